The van der Waals surface area contributed by atoms with Crippen LogP contribution >= 0.6 is 15.9 Å². The first-order valence-corrected chi connectivity index (χ1v) is 6.75. The Kier molecular flexibility index (Phi) is 4.54. The molecule has 2 atom stereocenters. The van der Waals surface area contributed by atoms with Crippen LogP contribution in [0.2, 0.25) is 0 Å². The van der Waals surface area contributed by atoms with Crippen LogP contribution in [-0.2, 0) is 4.74 Å². The van der Waals surface area contributed by atoms with Crippen molar-refractivity contribution in [3.63, 3.8) is 0 Å². The van der Waals surface area contributed by atoms with Gasteiger partial charge in [-0.1, -0.05) is 0 Å². The molecule has 1 N–H and O–H groups in total. The number of benzene rings is 1. The van der Waals surface area contributed by atoms with E-state index in [9.17, 15) is 14.3 Å². The van der Waals surface area contributed by atoms with Gasteiger partial charge in [-0.15, -0.1) is 0 Å². The van der Waals surface area contributed by atoms with Gasteiger partial charge in [-0.2, -0.15) is 0 Å². The Balaban J connectivity index is 2.25. The number of methoxy groups -OCH3 is 1. The molecule has 104 valence electrons. The van der Waals surface area contributed by atoms with Crippen LogP contribution in [0.5, 0.6) is 0 Å². The summed E-state index contributed by atoms with van der Waals surface area (Å²) in [4.78, 5) is 13.9. The van der Waals surface area contributed by atoms with Gasteiger partial charge in [-0.25, -0.2) is 4.39 Å². The molecule has 0 aromatic heterocycles. The lowest BCUT2D eigenvalue weighted by atomic mass is 10.1. The van der Waals surface area contributed by atoms with E-state index in [1.165, 1.54) is 23.1 Å². The first-order valence-electron chi connectivity index (χ1n) is 5.96. The first kappa shape index (κ1) is 14.4. The molecule has 0 aliphatic carbocycles. The van der Waals surface area contributed by atoms with Crippen molar-refractivity contribution < 1.29 is 19.0 Å². The van der Waals surface area contributed by atoms with Crippen LogP contribution in [0.3, 0.4) is 0 Å². The van der Waals surface area contributed by atoms with Gasteiger partial charge in [0.1, 0.15) is 5.82 Å². The summed E-state index contributed by atoms with van der Waals surface area (Å²) in [7, 11) is 1.57. The Morgan fingerprint density at radius 1 is 1.63 bits per heavy atom. The monoisotopic (exact) mass is 331 g/mol. The molecule has 4 nitrogen and oxygen atoms in total. The van der Waals surface area contributed by atoms with Crippen LogP contribution in [0.1, 0.15) is 16.8 Å². The lowest BCUT2D eigenvalue weighted by molar-refractivity contribution is 0.0646. The Labute approximate surface area is 119 Å². The summed E-state index contributed by atoms with van der Waals surface area (Å²) in [5, 5.41) is 9.33. The highest BCUT2D eigenvalue weighted by atomic mass is 79.9. The molecule has 1 fully saturated rings. The van der Waals surface area contributed by atoms with E-state index in [1.807, 2.05) is 0 Å². The van der Waals surface area contributed by atoms with Gasteiger partial charge in [-0.05, 0) is 40.5 Å². The van der Waals surface area contributed by atoms with E-state index >= 15 is 0 Å². The lowest BCUT2D eigenvalue weighted by Gasteiger charge is -2.23. The first-order chi connectivity index (χ1) is 9.06. The summed E-state index contributed by atoms with van der Waals surface area (Å²) >= 11 is 3.24. The number of halogens is 2. The summed E-state index contributed by atoms with van der Waals surface area (Å²) < 4.78 is 19.0. The third kappa shape index (κ3) is 2.96. The number of carbonyl (C=O) groups is 1. The van der Waals surface area contributed by atoms with Crippen molar-refractivity contribution in [2.75, 3.05) is 20.3 Å². The van der Waals surface area contributed by atoms with Gasteiger partial charge >= 0.3 is 0 Å². The molecule has 1 amide bonds. The zero-order chi connectivity index (χ0) is 14.0. The van der Waals surface area contributed by atoms with E-state index in [-0.39, 0.29) is 30.2 Å². The van der Waals surface area contributed by atoms with Gasteiger partial charge in [0.25, 0.3) is 5.91 Å². The van der Waals surface area contributed by atoms with Gasteiger partial charge in [0.15, 0.2) is 0 Å². The second kappa shape index (κ2) is 5.98. The van der Waals surface area contributed by atoms with Gasteiger partial charge in [0.05, 0.1) is 24.3 Å². The van der Waals surface area contributed by atoms with E-state index < -0.39 is 5.82 Å². The summed E-state index contributed by atoms with van der Waals surface area (Å²) in [6.45, 7) is 0.280. The summed E-state index contributed by atoms with van der Waals surface area (Å²) in [6.07, 6.45) is 0.500. The van der Waals surface area contributed by atoms with Crippen molar-refractivity contribution in [1.29, 1.82) is 0 Å². The standard InChI is InChI=1S/C13H15BrFNO3/c1-19-10-5-9(7-17)16(6-10)13(18)11-4-8(15)2-3-12(11)14/h2-4,9-10,17H,5-7H2,1H3/t9-,10+/m0/s1. The minimum Gasteiger partial charge on any atom is -0.394 e. The smallest absolute Gasteiger partial charge is 0.255 e. The number of likely N-dealkylation sites (tertiary alicyclic amines) is 1. The Morgan fingerprint density at radius 3 is 3.00 bits per heavy atom. The van der Waals surface area contributed by atoms with E-state index in [0.717, 1.165) is 0 Å². The minimum atomic E-state index is -0.463. The molecule has 1 aromatic carbocycles. The molecule has 1 saturated heterocycles. The van der Waals surface area contributed by atoms with Gasteiger partial charge < -0.3 is 14.7 Å². The van der Waals surface area contributed by atoms with Crippen LogP contribution in [0.15, 0.2) is 22.7 Å². The average molecular weight is 332 g/mol. The molecule has 6 heteroatoms. The maximum atomic E-state index is 13.3. The predicted molar refractivity (Wildman–Crippen MR) is 71.4 cm³/mol. The molecule has 1 aliphatic heterocycles. The van der Waals surface area contributed by atoms with Crippen molar-refractivity contribution in [2.24, 2.45) is 0 Å². The molecule has 19 heavy (non-hydrogen) atoms. The highest BCUT2D eigenvalue weighted by Crippen LogP contribution is 2.25. The van der Waals surface area contributed by atoms with Crippen molar-refractivity contribution in [1.82, 2.24) is 4.90 Å². The van der Waals surface area contributed by atoms with Gasteiger partial charge in [0.2, 0.25) is 0 Å². The molecule has 0 unspecified atom stereocenters. The number of aliphatic hydroxyl groups excluding tert-OH is 1. The highest BCUT2D eigenvalue weighted by molar-refractivity contribution is 9.10. The fourth-order valence-corrected chi connectivity index (χ4v) is 2.70. The Hall–Kier alpha value is -0.980. The second-order valence-corrected chi connectivity index (χ2v) is 5.37. The molecule has 1 aliphatic rings. The lowest BCUT2D eigenvalue weighted by Crippen LogP contribution is -2.38. The average Bonchev–Trinajstić information content (AvgIpc) is 2.84. The van der Waals surface area contributed by atoms with E-state index in [2.05, 4.69) is 15.9 Å². The zero-order valence-corrected chi connectivity index (χ0v) is 12.1. The molecule has 0 saturated carbocycles. The fraction of sp³-hybridized carbons (Fsp3) is 0.462. The van der Waals surface area contributed by atoms with E-state index in [4.69, 9.17) is 4.74 Å². The van der Waals surface area contributed by atoms with Gasteiger partial charge in [-0.3, -0.25) is 4.79 Å². The van der Waals surface area contributed by atoms with E-state index in [0.29, 0.717) is 17.4 Å². The second-order valence-electron chi connectivity index (χ2n) is 4.51. The van der Waals surface area contributed by atoms with Crippen LogP contribution in [0.4, 0.5) is 4.39 Å². The molecule has 0 radical (unpaired) electrons. The van der Waals surface area contributed by atoms with Crippen LogP contribution in [-0.4, -0.2) is 48.3 Å². The normalized spacial score (nSPS) is 22.8. The molecule has 0 spiro atoms. The van der Waals surface area contributed by atoms with Crippen LogP contribution in [0.25, 0.3) is 0 Å². The number of ether oxygens (including phenoxy) is 1. The van der Waals surface area contributed by atoms with E-state index in [1.54, 1.807) is 7.11 Å². The third-order valence-corrected chi connectivity index (χ3v) is 4.03. The third-order valence-electron chi connectivity index (χ3n) is 3.34. The summed E-state index contributed by atoms with van der Waals surface area (Å²) in [5.41, 5.74) is 0.259. The molecule has 1 aromatic rings. The minimum absolute atomic E-state index is 0.0894. The number of hydrogen-bond acceptors (Lipinski definition) is 3. The highest BCUT2D eigenvalue weighted by Gasteiger charge is 2.35. The van der Waals surface area contributed by atoms with Crippen molar-refractivity contribution in [2.45, 2.75) is 18.6 Å². The molecule has 2 rings (SSSR count). The number of rotatable bonds is 3. The molecule has 1 heterocycles. The Morgan fingerprint density at radius 2 is 2.37 bits per heavy atom. The van der Waals surface area contributed by atoms with Crippen molar-refractivity contribution in [3.05, 3.63) is 34.1 Å². The maximum Gasteiger partial charge on any atom is 0.255 e. The summed E-state index contributed by atoms with van der Waals surface area (Å²) in [6, 6.07) is 3.70. The molecular formula is C13H15BrFNO3. The van der Waals surface area contributed by atoms with Crippen LogP contribution < -0.4 is 0 Å². The number of carbonyl (C=O) groups excluding carboxylic acids is 1. The predicted octanol–water partition coefficient (Wildman–Crippen LogP) is 1.81. The van der Waals surface area contributed by atoms with Crippen molar-refractivity contribution >= 4 is 21.8 Å². The maximum absolute atomic E-state index is 13.3. The zero-order valence-electron chi connectivity index (χ0n) is 10.5. The van der Waals surface area contributed by atoms with Gasteiger partial charge in [0, 0.05) is 18.1 Å². The number of aliphatic hydroxyl groups is 1. The number of nitrogens with zero attached hydrogens (tertiary/aromatic N) is 1. The topological polar surface area (TPSA) is 49.8 Å². The quantitative estimate of drug-likeness (QED) is 0.919. The Bertz CT molecular complexity index is 483. The fourth-order valence-electron chi connectivity index (χ4n) is 2.28. The largest absolute Gasteiger partial charge is 0.394 e. The SMILES string of the molecule is CO[C@@H]1C[C@@H](CO)N(C(=O)c2cc(F)ccc2Br)C1. The molecule has 0 bridgehead atoms. The van der Waals surface area contributed by atoms with Crippen molar-refractivity contribution in [3.8, 4) is 0 Å². The molecular weight excluding hydrogens is 317 g/mol. The summed E-state index contributed by atoms with van der Waals surface area (Å²) in [5.74, 6) is -0.764. The van der Waals surface area contributed by atoms with Crippen LogP contribution in [0, 0.1) is 5.82 Å². The number of amides is 1. The number of hydrogen-bond donors (Lipinski definition) is 1.